The smallest absolute Gasteiger partial charge is 0.253 e. The van der Waals surface area contributed by atoms with Crippen LogP contribution in [0, 0.1) is 5.82 Å². The summed E-state index contributed by atoms with van der Waals surface area (Å²) < 4.78 is 12.8. The van der Waals surface area contributed by atoms with E-state index in [-0.39, 0.29) is 12.1 Å². The lowest BCUT2D eigenvalue weighted by atomic mass is 10.2. The minimum absolute atomic E-state index is 0.159. The third-order valence-electron chi connectivity index (χ3n) is 2.16. The maximum Gasteiger partial charge on any atom is 0.253 e. The van der Waals surface area contributed by atoms with E-state index >= 15 is 0 Å². The Kier molecular flexibility index (Phi) is 2.99. The number of nitrogens with zero attached hydrogens (tertiary/aromatic N) is 2. The van der Waals surface area contributed by atoms with Gasteiger partial charge in [0.15, 0.2) is 0 Å². The highest BCUT2D eigenvalue weighted by Gasteiger charge is 2.08. The summed E-state index contributed by atoms with van der Waals surface area (Å²) >= 11 is 0. The number of carbonyl (C=O) groups is 1. The molecule has 7 heteroatoms. The molecule has 0 aromatic carbocycles. The number of halogens is 1. The minimum Gasteiger partial charge on any atom is -0.384 e. The SMILES string of the molecule is Nc1[nH]ncc1CNC(=O)c1cncc(F)c1. The highest BCUT2D eigenvalue weighted by atomic mass is 19.1. The van der Waals surface area contributed by atoms with Gasteiger partial charge in [0.05, 0.1) is 18.0 Å². The fourth-order valence-corrected chi connectivity index (χ4v) is 1.28. The number of pyridine rings is 1. The third kappa shape index (κ3) is 2.57. The first-order valence-corrected chi connectivity index (χ1v) is 4.83. The monoisotopic (exact) mass is 235 g/mol. The number of nitrogens with two attached hydrogens (primary N) is 1. The molecule has 4 N–H and O–H groups in total. The molecule has 0 radical (unpaired) electrons. The summed E-state index contributed by atoms with van der Waals surface area (Å²) in [4.78, 5) is 15.2. The second-order valence-electron chi connectivity index (χ2n) is 3.38. The number of nitrogens with one attached hydrogen (secondary N) is 2. The van der Waals surface area contributed by atoms with Crippen LogP contribution in [0.1, 0.15) is 15.9 Å². The molecule has 2 heterocycles. The third-order valence-corrected chi connectivity index (χ3v) is 2.16. The second-order valence-corrected chi connectivity index (χ2v) is 3.38. The molecule has 0 saturated carbocycles. The number of rotatable bonds is 3. The summed E-state index contributed by atoms with van der Waals surface area (Å²) in [5, 5.41) is 8.84. The van der Waals surface area contributed by atoms with Gasteiger partial charge in [-0.15, -0.1) is 0 Å². The largest absolute Gasteiger partial charge is 0.384 e. The molecule has 0 saturated heterocycles. The van der Waals surface area contributed by atoms with Gasteiger partial charge < -0.3 is 11.1 Å². The topological polar surface area (TPSA) is 96.7 Å². The molecule has 1 amide bonds. The van der Waals surface area contributed by atoms with Crippen LogP contribution < -0.4 is 11.1 Å². The number of hydrogen-bond acceptors (Lipinski definition) is 4. The van der Waals surface area contributed by atoms with Crippen LogP contribution in [0.25, 0.3) is 0 Å². The molecule has 6 nitrogen and oxygen atoms in total. The van der Waals surface area contributed by atoms with E-state index in [0.717, 1.165) is 12.3 Å². The normalized spacial score (nSPS) is 10.2. The summed E-state index contributed by atoms with van der Waals surface area (Å²) in [6, 6.07) is 1.11. The van der Waals surface area contributed by atoms with E-state index in [0.29, 0.717) is 11.4 Å². The zero-order valence-electron chi connectivity index (χ0n) is 8.77. The molecule has 0 bridgehead atoms. The van der Waals surface area contributed by atoms with Crippen molar-refractivity contribution in [3.8, 4) is 0 Å². The zero-order chi connectivity index (χ0) is 12.3. The van der Waals surface area contributed by atoms with Crippen LogP contribution in [-0.2, 0) is 6.54 Å². The first-order chi connectivity index (χ1) is 8.16. The number of aromatic nitrogens is 3. The van der Waals surface area contributed by atoms with Gasteiger partial charge in [-0.2, -0.15) is 5.10 Å². The molecule has 0 unspecified atom stereocenters. The summed E-state index contributed by atoms with van der Waals surface area (Å²) in [6.07, 6.45) is 3.83. The van der Waals surface area contributed by atoms with E-state index in [4.69, 9.17) is 5.73 Å². The molecule has 88 valence electrons. The van der Waals surface area contributed by atoms with E-state index in [1.807, 2.05) is 0 Å². The predicted molar refractivity (Wildman–Crippen MR) is 58.4 cm³/mol. The molecule has 0 aliphatic heterocycles. The van der Waals surface area contributed by atoms with Crippen LogP contribution in [0.2, 0.25) is 0 Å². The van der Waals surface area contributed by atoms with Gasteiger partial charge in [0.25, 0.3) is 5.91 Å². The standard InChI is InChI=1S/C10H10FN5O/c11-8-1-6(2-13-5-8)10(17)14-3-7-4-15-16-9(7)12/h1-2,4-5H,3H2,(H,14,17)(H3,12,15,16). The van der Waals surface area contributed by atoms with E-state index in [2.05, 4.69) is 20.5 Å². The van der Waals surface area contributed by atoms with E-state index in [1.54, 1.807) is 0 Å². The maximum absolute atomic E-state index is 12.8. The molecule has 17 heavy (non-hydrogen) atoms. The van der Waals surface area contributed by atoms with Crippen molar-refractivity contribution < 1.29 is 9.18 Å². The summed E-state index contributed by atoms with van der Waals surface area (Å²) in [6.45, 7) is 0.220. The molecule has 0 spiro atoms. The van der Waals surface area contributed by atoms with E-state index in [9.17, 15) is 9.18 Å². The molecular weight excluding hydrogens is 225 g/mol. The number of anilines is 1. The van der Waals surface area contributed by atoms with Gasteiger partial charge >= 0.3 is 0 Å². The van der Waals surface area contributed by atoms with Gasteiger partial charge in [0.1, 0.15) is 11.6 Å². The number of aromatic amines is 1. The van der Waals surface area contributed by atoms with E-state index < -0.39 is 11.7 Å². The van der Waals surface area contributed by atoms with Crippen molar-refractivity contribution in [1.29, 1.82) is 0 Å². The Morgan fingerprint density at radius 3 is 2.94 bits per heavy atom. The lowest BCUT2D eigenvalue weighted by molar-refractivity contribution is 0.0950. The Labute approximate surface area is 96.1 Å². The second kappa shape index (κ2) is 4.60. The average Bonchev–Trinajstić information content (AvgIpc) is 2.72. The van der Waals surface area contributed by atoms with Crippen molar-refractivity contribution in [2.45, 2.75) is 6.54 Å². The predicted octanol–water partition coefficient (Wildman–Crippen LogP) is 0.456. The molecule has 0 fully saturated rings. The Bertz CT molecular complexity index is 539. The van der Waals surface area contributed by atoms with Crippen LogP contribution in [0.3, 0.4) is 0 Å². The first kappa shape index (κ1) is 11.1. The minimum atomic E-state index is -0.555. The molecule has 2 aromatic heterocycles. The zero-order valence-corrected chi connectivity index (χ0v) is 8.77. The fourth-order valence-electron chi connectivity index (χ4n) is 1.28. The van der Waals surface area contributed by atoms with Gasteiger partial charge in [-0.3, -0.25) is 14.9 Å². The quantitative estimate of drug-likeness (QED) is 0.719. The number of carbonyl (C=O) groups excluding carboxylic acids is 1. The van der Waals surface area contributed by atoms with Gasteiger partial charge in [0, 0.05) is 18.3 Å². The van der Waals surface area contributed by atoms with Gasteiger partial charge in [0.2, 0.25) is 0 Å². The molecule has 0 aliphatic carbocycles. The molecule has 2 rings (SSSR count). The van der Waals surface area contributed by atoms with Crippen molar-refractivity contribution >= 4 is 11.7 Å². The van der Waals surface area contributed by atoms with Crippen LogP contribution in [-0.4, -0.2) is 21.1 Å². The number of H-pyrrole nitrogens is 1. The summed E-state index contributed by atoms with van der Waals surface area (Å²) in [5.74, 6) is -0.583. The average molecular weight is 235 g/mol. The number of amides is 1. The maximum atomic E-state index is 12.8. The van der Waals surface area contributed by atoms with Crippen molar-refractivity contribution in [2.75, 3.05) is 5.73 Å². The van der Waals surface area contributed by atoms with Crippen molar-refractivity contribution in [2.24, 2.45) is 0 Å². The van der Waals surface area contributed by atoms with Gasteiger partial charge in [-0.25, -0.2) is 4.39 Å². The molecular formula is C10H10FN5O. The van der Waals surface area contributed by atoms with Crippen LogP contribution in [0.15, 0.2) is 24.7 Å². The summed E-state index contributed by atoms with van der Waals surface area (Å²) in [5.41, 5.74) is 6.38. The lowest BCUT2D eigenvalue weighted by Gasteiger charge is -2.03. The Morgan fingerprint density at radius 1 is 1.47 bits per heavy atom. The number of nitrogen functional groups attached to an aromatic ring is 1. The Morgan fingerprint density at radius 2 is 2.29 bits per heavy atom. The number of hydrogen-bond donors (Lipinski definition) is 3. The fraction of sp³-hybridized carbons (Fsp3) is 0.100. The van der Waals surface area contributed by atoms with Gasteiger partial charge in [-0.05, 0) is 6.07 Å². The molecule has 0 atom stereocenters. The Balaban J connectivity index is 2.01. The lowest BCUT2D eigenvalue weighted by Crippen LogP contribution is -2.23. The van der Waals surface area contributed by atoms with E-state index in [1.165, 1.54) is 12.4 Å². The summed E-state index contributed by atoms with van der Waals surface area (Å²) in [7, 11) is 0. The van der Waals surface area contributed by atoms with Crippen molar-refractivity contribution in [3.63, 3.8) is 0 Å². The van der Waals surface area contributed by atoms with Crippen LogP contribution in [0.5, 0.6) is 0 Å². The molecule has 0 aliphatic rings. The first-order valence-electron chi connectivity index (χ1n) is 4.83. The highest BCUT2D eigenvalue weighted by Crippen LogP contribution is 2.06. The van der Waals surface area contributed by atoms with Crippen molar-refractivity contribution in [3.05, 3.63) is 41.6 Å². The van der Waals surface area contributed by atoms with Crippen molar-refractivity contribution in [1.82, 2.24) is 20.5 Å². The molecule has 2 aromatic rings. The Hall–Kier alpha value is -2.44. The highest BCUT2D eigenvalue weighted by molar-refractivity contribution is 5.93. The van der Waals surface area contributed by atoms with Crippen LogP contribution >= 0.6 is 0 Å². The van der Waals surface area contributed by atoms with Crippen LogP contribution in [0.4, 0.5) is 10.2 Å². The van der Waals surface area contributed by atoms with Gasteiger partial charge in [-0.1, -0.05) is 0 Å².